The van der Waals surface area contributed by atoms with Gasteiger partial charge in [-0.2, -0.15) is 5.10 Å². The molecule has 214 valence electrons. The first-order chi connectivity index (χ1) is 20.1. The SMILES string of the molecule is CC(C)Nc1cncc(-c2ncc3[nH]nc(-c4nc5c(-c6cc(F)cc(CCS(C)(=O)=O)c6)cccc5[nH]4)c3c2F)c1. The number of pyridine rings is 2. The number of hydrogen-bond acceptors (Lipinski definition) is 7. The fourth-order valence-corrected chi connectivity index (χ4v) is 5.57. The molecule has 0 radical (unpaired) electrons. The van der Waals surface area contributed by atoms with E-state index in [1.54, 1.807) is 36.7 Å². The highest BCUT2D eigenvalue weighted by atomic mass is 32.2. The molecule has 0 saturated carbocycles. The number of nitrogens with zero attached hydrogens (tertiary/aromatic N) is 4. The van der Waals surface area contributed by atoms with E-state index in [1.807, 2.05) is 19.9 Å². The number of halogens is 2. The number of para-hydroxylation sites is 1. The molecule has 0 amide bonds. The number of imidazole rings is 1. The van der Waals surface area contributed by atoms with Crippen molar-refractivity contribution in [2.45, 2.75) is 26.3 Å². The van der Waals surface area contributed by atoms with Crippen LogP contribution in [0.5, 0.6) is 0 Å². The Hall–Kier alpha value is -4.71. The first-order valence-corrected chi connectivity index (χ1v) is 15.3. The molecule has 0 saturated heterocycles. The van der Waals surface area contributed by atoms with Gasteiger partial charge in [0.2, 0.25) is 0 Å². The lowest BCUT2D eigenvalue weighted by Crippen LogP contribution is -2.09. The van der Waals surface area contributed by atoms with E-state index in [0.717, 1.165) is 11.9 Å². The third kappa shape index (κ3) is 5.45. The van der Waals surface area contributed by atoms with E-state index in [4.69, 9.17) is 4.98 Å². The van der Waals surface area contributed by atoms with Crippen molar-refractivity contribution < 1.29 is 17.2 Å². The Morgan fingerprint density at radius 3 is 2.60 bits per heavy atom. The van der Waals surface area contributed by atoms with Crippen molar-refractivity contribution in [1.82, 2.24) is 30.1 Å². The lowest BCUT2D eigenvalue weighted by molar-refractivity contribution is 0.600. The van der Waals surface area contributed by atoms with Crippen LogP contribution in [0.1, 0.15) is 19.4 Å². The summed E-state index contributed by atoms with van der Waals surface area (Å²) in [5, 5.41) is 10.7. The number of aryl methyl sites for hydroxylation is 1. The summed E-state index contributed by atoms with van der Waals surface area (Å²) < 4.78 is 54.0. The van der Waals surface area contributed by atoms with Gasteiger partial charge in [0.15, 0.2) is 11.6 Å². The van der Waals surface area contributed by atoms with Crippen LogP contribution in [0.4, 0.5) is 14.5 Å². The van der Waals surface area contributed by atoms with Crippen LogP contribution in [0.15, 0.2) is 61.1 Å². The molecular formula is C30H27F2N7O2S. The molecule has 0 aliphatic heterocycles. The van der Waals surface area contributed by atoms with Gasteiger partial charge in [-0.3, -0.25) is 15.1 Å². The molecule has 6 aromatic rings. The number of hydrogen-bond donors (Lipinski definition) is 3. The van der Waals surface area contributed by atoms with Gasteiger partial charge < -0.3 is 10.3 Å². The molecule has 4 aromatic heterocycles. The lowest BCUT2D eigenvalue weighted by Gasteiger charge is -2.11. The predicted octanol–water partition coefficient (Wildman–Crippen LogP) is 5.92. The maximum Gasteiger partial charge on any atom is 0.161 e. The quantitative estimate of drug-likeness (QED) is 0.202. The molecule has 6 rings (SSSR count). The van der Waals surface area contributed by atoms with Crippen LogP contribution in [0, 0.1) is 11.6 Å². The summed E-state index contributed by atoms with van der Waals surface area (Å²) in [5.74, 6) is -0.815. The van der Waals surface area contributed by atoms with Crippen LogP contribution in [0.2, 0.25) is 0 Å². The van der Waals surface area contributed by atoms with E-state index in [0.29, 0.717) is 44.6 Å². The Morgan fingerprint density at radius 2 is 1.81 bits per heavy atom. The first-order valence-electron chi connectivity index (χ1n) is 13.3. The third-order valence-electron chi connectivity index (χ3n) is 6.78. The van der Waals surface area contributed by atoms with Gasteiger partial charge in [-0.1, -0.05) is 18.2 Å². The number of H-pyrrole nitrogens is 2. The highest BCUT2D eigenvalue weighted by Crippen LogP contribution is 2.35. The number of rotatable bonds is 8. The largest absolute Gasteiger partial charge is 0.382 e. The van der Waals surface area contributed by atoms with Gasteiger partial charge in [-0.05, 0) is 55.7 Å². The topological polar surface area (TPSA) is 129 Å². The van der Waals surface area contributed by atoms with Gasteiger partial charge in [-0.15, -0.1) is 0 Å². The molecule has 0 spiro atoms. The standard InChI is InChI=1S/C30H27F2N7O2S/c1-16(2)35-21-12-19(13-33-14-21)27-26(32)25-24(15-34-27)38-39-29(25)30-36-23-6-4-5-22(28(23)37-30)18-9-17(10-20(31)11-18)7-8-42(3,40)41/h4-6,9-16,35H,7-8H2,1-3H3,(H,36,37)(H,38,39). The van der Waals surface area contributed by atoms with Gasteiger partial charge in [0.05, 0.1) is 39.6 Å². The molecule has 42 heavy (non-hydrogen) atoms. The van der Waals surface area contributed by atoms with Crippen molar-refractivity contribution in [2.24, 2.45) is 0 Å². The Balaban J connectivity index is 1.43. The van der Waals surface area contributed by atoms with E-state index in [1.165, 1.54) is 18.3 Å². The van der Waals surface area contributed by atoms with Gasteiger partial charge in [0, 0.05) is 35.8 Å². The smallest absolute Gasteiger partial charge is 0.161 e. The summed E-state index contributed by atoms with van der Waals surface area (Å²) in [5.41, 5.74) is 4.99. The maximum absolute atomic E-state index is 16.1. The summed E-state index contributed by atoms with van der Waals surface area (Å²) >= 11 is 0. The second-order valence-electron chi connectivity index (χ2n) is 10.6. The molecule has 0 unspecified atom stereocenters. The van der Waals surface area contributed by atoms with E-state index in [-0.39, 0.29) is 35.0 Å². The molecule has 0 aliphatic carbocycles. The highest BCUT2D eigenvalue weighted by molar-refractivity contribution is 7.90. The number of aromatic nitrogens is 6. The highest BCUT2D eigenvalue weighted by Gasteiger charge is 2.21. The fourth-order valence-electron chi connectivity index (χ4n) is 4.96. The van der Waals surface area contributed by atoms with E-state index in [9.17, 15) is 12.8 Å². The number of anilines is 1. The zero-order chi connectivity index (χ0) is 29.6. The number of sulfone groups is 1. The minimum Gasteiger partial charge on any atom is -0.382 e. The van der Waals surface area contributed by atoms with Gasteiger partial charge >= 0.3 is 0 Å². The van der Waals surface area contributed by atoms with Crippen LogP contribution in [-0.2, 0) is 16.3 Å². The Morgan fingerprint density at radius 1 is 0.976 bits per heavy atom. The Bertz CT molecular complexity index is 2070. The Kier molecular flexibility index (Phi) is 6.93. The molecule has 9 nitrogen and oxygen atoms in total. The van der Waals surface area contributed by atoms with Crippen LogP contribution < -0.4 is 5.32 Å². The fraction of sp³-hybridized carbons (Fsp3) is 0.200. The monoisotopic (exact) mass is 587 g/mol. The lowest BCUT2D eigenvalue weighted by atomic mass is 10.0. The minimum atomic E-state index is -3.21. The van der Waals surface area contributed by atoms with Crippen molar-refractivity contribution >= 4 is 37.5 Å². The van der Waals surface area contributed by atoms with Crippen molar-refractivity contribution in [3.63, 3.8) is 0 Å². The Labute approximate surface area is 240 Å². The molecule has 4 heterocycles. The van der Waals surface area contributed by atoms with Crippen molar-refractivity contribution in [3.05, 3.63) is 78.3 Å². The average molecular weight is 588 g/mol. The zero-order valence-corrected chi connectivity index (χ0v) is 23.9. The van der Waals surface area contributed by atoms with Crippen molar-refractivity contribution in [2.75, 3.05) is 17.3 Å². The molecule has 0 fully saturated rings. The summed E-state index contributed by atoms with van der Waals surface area (Å²) in [6.07, 6.45) is 6.08. The normalized spacial score (nSPS) is 12.0. The molecular weight excluding hydrogens is 560 g/mol. The van der Waals surface area contributed by atoms with Gasteiger partial charge in [0.1, 0.15) is 27.0 Å². The van der Waals surface area contributed by atoms with Crippen LogP contribution >= 0.6 is 0 Å². The zero-order valence-electron chi connectivity index (χ0n) is 23.0. The molecule has 0 aliphatic rings. The first kappa shape index (κ1) is 27.5. The van der Waals surface area contributed by atoms with Gasteiger partial charge in [-0.25, -0.2) is 22.2 Å². The van der Waals surface area contributed by atoms with E-state index >= 15 is 4.39 Å². The number of benzene rings is 2. The van der Waals surface area contributed by atoms with Gasteiger partial charge in [0.25, 0.3) is 0 Å². The number of fused-ring (bicyclic) bond motifs is 2. The average Bonchev–Trinajstić information content (AvgIpc) is 3.56. The molecule has 3 N–H and O–H groups in total. The summed E-state index contributed by atoms with van der Waals surface area (Å²) in [4.78, 5) is 16.5. The predicted molar refractivity (Wildman–Crippen MR) is 160 cm³/mol. The molecule has 2 aromatic carbocycles. The molecule has 0 bridgehead atoms. The number of nitrogens with one attached hydrogen (secondary N) is 3. The summed E-state index contributed by atoms with van der Waals surface area (Å²) in [6.45, 7) is 4.00. The summed E-state index contributed by atoms with van der Waals surface area (Å²) in [6, 6.07) is 11.9. The summed E-state index contributed by atoms with van der Waals surface area (Å²) in [7, 11) is -3.21. The van der Waals surface area contributed by atoms with Crippen LogP contribution in [0.25, 0.3) is 55.8 Å². The van der Waals surface area contributed by atoms with Crippen molar-refractivity contribution in [3.8, 4) is 33.9 Å². The second kappa shape index (κ2) is 10.6. The van der Waals surface area contributed by atoms with E-state index in [2.05, 4.69) is 30.5 Å². The molecule has 0 atom stereocenters. The second-order valence-corrected chi connectivity index (χ2v) is 12.8. The number of aromatic amines is 2. The molecule has 12 heteroatoms. The minimum absolute atomic E-state index is 0.0874. The van der Waals surface area contributed by atoms with Crippen molar-refractivity contribution in [1.29, 1.82) is 0 Å². The third-order valence-corrected chi connectivity index (χ3v) is 7.72. The van der Waals surface area contributed by atoms with E-state index < -0.39 is 21.5 Å². The van der Waals surface area contributed by atoms with Crippen LogP contribution in [-0.4, -0.2) is 56.6 Å². The van der Waals surface area contributed by atoms with Crippen LogP contribution in [0.3, 0.4) is 0 Å². The maximum atomic E-state index is 16.1.